The van der Waals surface area contributed by atoms with Crippen molar-refractivity contribution in [3.05, 3.63) is 59.9 Å². The lowest BCUT2D eigenvalue weighted by Gasteiger charge is -2.17. The van der Waals surface area contributed by atoms with Crippen LogP contribution in [0.25, 0.3) is 11.4 Å². The van der Waals surface area contributed by atoms with E-state index in [4.69, 9.17) is 4.74 Å². The second-order valence-corrected chi connectivity index (χ2v) is 9.47. The van der Waals surface area contributed by atoms with Gasteiger partial charge in [0.1, 0.15) is 11.6 Å². The number of hydrogen-bond acceptors (Lipinski definition) is 5. The molecule has 3 aromatic rings. The summed E-state index contributed by atoms with van der Waals surface area (Å²) in [7, 11) is 4.19. The van der Waals surface area contributed by atoms with Crippen molar-refractivity contribution >= 4 is 24.2 Å². The van der Waals surface area contributed by atoms with E-state index in [1.165, 1.54) is 6.07 Å². The van der Waals surface area contributed by atoms with Gasteiger partial charge in [0.25, 0.3) is 0 Å². The van der Waals surface area contributed by atoms with Crippen LogP contribution < -0.4 is 4.74 Å². The van der Waals surface area contributed by atoms with Gasteiger partial charge in [0.2, 0.25) is 0 Å². The molecule has 178 valence electrons. The van der Waals surface area contributed by atoms with E-state index >= 15 is 0 Å². The minimum Gasteiger partial charge on any atom is -0.494 e. The summed E-state index contributed by atoms with van der Waals surface area (Å²) >= 11 is 1.75. The third kappa shape index (κ3) is 6.49. The van der Waals surface area contributed by atoms with Crippen LogP contribution in [0.5, 0.6) is 5.75 Å². The van der Waals surface area contributed by atoms with E-state index < -0.39 is 0 Å². The maximum Gasteiger partial charge on any atom is 0.191 e. The predicted octanol–water partition coefficient (Wildman–Crippen LogP) is 5.66. The molecule has 1 aromatic heterocycles. The molecular formula is C25H32ClFN4OS. The number of hydrogen-bond donors (Lipinski definition) is 0. The van der Waals surface area contributed by atoms with Gasteiger partial charge in [0.05, 0.1) is 6.61 Å². The third-order valence-electron chi connectivity index (χ3n) is 5.92. The number of rotatable bonds is 11. The van der Waals surface area contributed by atoms with Gasteiger partial charge in [-0.2, -0.15) is 0 Å². The van der Waals surface area contributed by atoms with Crippen LogP contribution in [0.1, 0.15) is 31.2 Å². The first-order valence-electron chi connectivity index (χ1n) is 11.2. The topological polar surface area (TPSA) is 43.2 Å². The smallest absolute Gasteiger partial charge is 0.191 e. The molecule has 33 heavy (non-hydrogen) atoms. The number of nitrogens with zero attached hydrogens (tertiary/aromatic N) is 4. The molecule has 1 fully saturated rings. The highest BCUT2D eigenvalue weighted by Crippen LogP contribution is 2.50. The van der Waals surface area contributed by atoms with Crippen molar-refractivity contribution in [3.63, 3.8) is 0 Å². The van der Waals surface area contributed by atoms with Gasteiger partial charge >= 0.3 is 0 Å². The van der Waals surface area contributed by atoms with Crippen molar-refractivity contribution < 1.29 is 9.13 Å². The zero-order valence-corrected chi connectivity index (χ0v) is 21.0. The Bertz CT molecular complexity index is 1030. The predicted molar refractivity (Wildman–Crippen MR) is 135 cm³/mol. The van der Waals surface area contributed by atoms with Gasteiger partial charge in [-0.15, -0.1) is 22.6 Å². The number of aromatic nitrogens is 3. The van der Waals surface area contributed by atoms with Gasteiger partial charge in [-0.05, 0) is 63.4 Å². The average molecular weight is 491 g/mol. The fourth-order valence-corrected chi connectivity index (χ4v) is 5.03. The summed E-state index contributed by atoms with van der Waals surface area (Å²) in [6, 6.07) is 15.0. The lowest BCUT2D eigenvalue weighted by molar-refractivity contribution is 0.316. The molecule has 0 N–H and O–H groups in total. The molecule has 2 atom stereocenters. The number of thioether (sulfide) groups is 1. The van der Waals surface area contributed by atoms with E-state index in [1.54, 1.807) is 23.9 Å². The Morgan fingerprint density at radius 2 is 1.97 bits per heavy atom. The van der Waals surface area contributed by atoms with Crippen molar-refractivity contribution in [3.8, 4) is 17.1 Å². The van der Waals surface area contributed by atoms with Gasteiger partial charge in [-0.25, -0.2) is 4.39 Å². The van der Waals surface area contributed by atoms with Crippen molar-refractivity contribution in [2.45, 2.75) is 30.8 Å². The summed E-state index contributed by atoms with van der Waals surface area (Å²) in [5.74, 6) is 3.52. The largest absolute Gasteiger partial charge is 0.494 e. The van der Waals surface area contributed by atoms with Crippen LogP contribution in [0, 0.1) is 11.7 Å². The van der Waals surface area contributed by atoms with Crippen LogP contribution in [-0.2, 0) is 7.05 Å². The van der Waals surface area contributed by atoms with Crippen molar-refractivity contribution in [2.24, 2.45) is 13.0 Å². The van der Waals surface area contributed by atoms with Crippen LogP contribution in [0.15, 0.2) is 53.7 Å². The summed E-state index contributed by atoms with van der Waals surface area (Å²) in [5, 5.41) is 9.66. The maximum absolute atomic E-state index is 13.8. The lowest BCUT2D eigenvalue weighted by atomic mass is 10.1. The fraction of sp³-hybridized carbons (Fsp3) is 0.440. The maximum atomic E-state index is 13.8. The van der Waals surface area contributed by atoms with E-state index in [-0.39, 0.29) is 18.2 Å². The molecule has 2 aromatic carbocycles. The molecule has 0 spiro atoms. The Labute approximate surface area is 206 Å². The molecule has 1 aliphatic carbocycles. The number of halogens is 2. The van der Waals surface area contributed by atoms with E-state index in [9.17, 15) is 4.39 Å². The molecule has 0 saturated heterocycles. The summed E-state index contributed by atoms with van der Waals surface area (Å²) in [6.07, 6.45) is 2.18. The first-order chi connectivity index (χ1) is 15.6. The molecule has 0 aliphatic heterocycles. The van der Waals surface area contributed by atoms with Crippen LogP contribution >= 0.6 is 24.2 Å². The molecule has 4 rings (SSSR count). The molecule has 1 saturated carbocycles. The van der Waals surface area contributed by atoms with E-state index in [1.807, 2.05) is 32.2 Å². The average Bonchev–Trinajstić information content (AvgIpc) is 3.45. The number of ether oxygens (including phenoxy) is 1. The number of benzene rings is 2. The van der Waals surface area contributed by atoms with E-state index in [0.29, 0.717) is 18.4 Å². The lowest BCUT2D eigenvalue weighted by Crippen LogP contribution is -2.23. The quantitative estimate of drug-likeness (QED) is 0.256. The van der Waals surface area contributed by atoms with E-state index in [2.05, 4.69) is 38.8 Å². The van der Waals surface area contributed by atoms with Crippen LogP contribution in [0.2, 0.25) is 0 Å². The summed E-state index contributed by atoms with van der Waals surface area (Å²) in [5.41, 5.74) is 2.11. The second-order valence-electron chi connectivity index (χ2n) is 8.41. The third-order valence-corrected chi connectivity index (χ3v) is 7.03. The van der Waals surface area contributed by atoms with Gasteiger partial charge in [-0.1, -0.05) is 42.1 Å². The van der Waals surface area contributed by atoms with Crippen molar-refractivity contribution in [2.75, 3.05) is 32.5 Å². The highest BCUT2D eigenvalue weighted by molar-refractivity contribution is 7.99. The Morgan fingerprint density at radius 3 is 2.73 bits per heavy atom. The zero-order valence-electron chi connectivity index (χ0n) is 19.4. The van der Waals surface area contributed by atoms with Gasteiger partial charge in [0.15, 0.2) is 11.0 Å². The fourth-order valence-electron chi connectivity index (χ4n) is 4.20. The standard InChI is InChI=1S/C25H31FN4OS.ClH/c1-4-31-23-12-11-20(26)16-22(23)21-15-19(21)17-29(2)13-8-14-32-25-28-27-24(30(25)3)18-9-6-5-7-10-18;/h5-7,9-12,16,19,21H,4,8,13-15,17H2,1-3H3;1H. The molecular weight excluding hydrogens is 459 g/mol. The van der Waals surface area contributed by atoms with Crippen LogP contribution in [0.4, 0.5) is 4.39 Å². The molecule has 1 aliphatic rings. The highest BCUT2D eigenvalue weighted by atomic mass is 35.5. The monoisotopic (exact) mass is 490 g/mol. The zero-order chi connectivity index (χ0) is 22.5. The van der Waals surface area contributed by atoms with Gasteiger partial charge < -0.3 is 14.2 Å². The van der Waals surface area contributed by atoms with Crippen molar-refractivity contribution in [1.29, 1.82) is 0 Å². The van der Waals surface area contributed by atoms with Crippen LogP contribution in [0.3, 0.4) is 0 Å². The summed E-state index contributed by atoms with van der Waals surface area (Å²) in [6.45, 7) is 4.62. The Kier molecular flexibility index (Phi) is 9.18. The molecule has 0 amide bonds. The Balaban J connectivity index is 0.00000306. The summed E-state index contributed by atoms with van der Waals surface area (Å²) in [4.78, 5) is 2.39. The highest BCUT2D eigenvalue weighted by Gasteiger charge is 2.40. The first kappa shape index (κ1) is 25.5. The normalized spacial score (nSPS) is 17.1. The molecule has 0 bridgehead atoms. The van der Waals surface area contributed by atoms with Crippen LogP contribution in [-0.4, -0.2) is 52.2 Å². The molecule has 8 heteroatoms. The molecule has 1 heterocycles. The Morgan fingerprint density at radius 1 is 1.18 bits per heavy atom. The van der Waals surface area contributed by atoms with E-state index in [0.717, 1.165) is 59.5 Å². The minimum absolute atomic E-state index is 0. The van der Waals surface area contributed by atoms with Crippen molar-refractivity contribution in [1.82, 2.24) is 19.7 Å². The Hall–Kier alpha value is -2.09. The second kappa shape index (κ2) is 11.9. The molecule has 0 radical (unpaired) electrons. The SMILES string of the molecule is CCOc1ccc(F)cc1C1CC1CN(C)CCCSc1nnc(-c2ccccc2)n1C.Cl. The molecule has 2 unspecified atom stereocenters. The van der Waals surface area contributed by atoms with Gasteiger partial charge in [-0.3, -0.25) is 0 Å². The van der Waals surface area contributed by atoms with Gasteiger partial charge in [0, 0.05) is 30.5 Å². The summed E-state index contributed by atoms with van der Waals surface area (Å²) < 4.78 is 21.5. The first-order valence-corrected chi connectivity index (χ1v) is 12.2. The molecule has 5 nitrogen and oxygen atoms in total. The minimum atomic E-state index is -0.182.